The molecule has 0 bridgehead atoms. The molecule has 0 saturated carbocycles. The lowest BCUT2D eigenvalue weighted by Crippen LogP contribution is -1.96. The molecule has 0 aliphatic heterocycles. The molecular weight excluding hydrogens is 263 g/mol. The smallest absolute Gasteiger partial charge is 0.119 e. The molecule has 0 spiro atoms. The molecule has 20 heavy (non-hydrogen) atoms. The second-order valence-corrected chi connectivity index (χ2v) is 5.62. The van der Waals surface area contributed by atoms with Gasteiger partial charge in [-0.3, -0.25) is 0 Å². The summed E-state index contributed by atoms with van der Waals surface area (Å²) in [4.78, 5) is 0. The zero-order valence-electron chi connectivity index (χ0n) is 12.1. The number of aryl methyl sites for hydroxylation is 2. The van der Waals surface area contributed by atoms with Gasteiger partial charge in [-0.2, -0.15) is 0 Å². The molecule has 0 radical (unpaired) electrons. The van der Waals surface area contributed by atoms with Crippen molar-refractivity contribution in [2.24, 2.45) is 0 Å². The van der Waals surface area contributed by atoms with Gasteiger partial charge in [0.15, 0.2) is 0 Å². The van der Waals surface area contributed by atoms with Crippen molar-refractivity contribution < 1.29 is 4.74 Å². The zero-order valence-corrected chi connectivity index (χ0v) is 13.3. The van der Waals surface area contributed by atoms with Gasteiger partial charge >= 0.3 is 0 Å². The van der Waals surface area contributed by atoms with Crippen LogP contribution in [0.3, 0.4) is 0 Å². The van der Waals surface area contributed by atoms with E-state index in [0.717, 1.165) is 24.8 Å². The highest BCUT2D eigenvalue weighted by Crippen LogP contribution is 2.15. The van der Waals surface area contributed by atoms with Crippen LogP contribution in [0.15, 0.2) is 48.5 Å². The Balaban J connectivity index is 1.87. The minimum atomic E-state index is 0.634. The van der Waals surface area contributed by atoms with Crippen molar-refractivity contribution in [3.63, 3.8) is 0 Å². The molecule has 0 heterocycles. The largest absolute Gasteiger partial charge is 0.489 e. The normalized spacial score (nSPS) is 10.5. The summed E-state index contributed by atoms with van der Waals surface area (Å²) in [6.45, 7) is 2.84. The number of rotatable bonds is 7. The van der Waals surface area contributed by atoms with Crippen LogP contribution in [0.5, 0.6) is 5.75 Å². The summed E-state index contributed by atoms with van der Waals surface area (Å²) >= 11 is 0. The summed E-state index contributed by atoms with van der Waals surface area (Å²) in [7, 11) is 2.76. The molecule has 2 heteroatoms. The Bertz CT molecular complexity index is 452. The lowest BCUT2D eigenvalue weighted by molar-refractivity contribution is 0.306. The molecule has 0 amide bonds. The Labute approximate surface area is 124 Å². The van der Waals surface area contributed by atoms with Gasteiger partial charge < -0.3 is 4.74 Å². The second kappa shape index (κ2) is 8.07. The van der Waals surface area contributed by atoms with E-state index in [1.807, 2.05) is 0 Å². The zero-order chi connectivity index (χ0) is 14.2. The van der Waals surface area contributed by atoms with Gasteiger partial charge in [-0.05, 0) is 47.8 Å². The standard InChI is InChI=1S/C18H23OP/c1-2-3-15-4-6-17(7-5-15)14-19-18-10-8-16(9-11-18)12-13-20/h4-11H,2-3,12-14,20H2,1H3. The van der Waals surface area contributed by atoms with Crippen LogP contribution in [-0.4, -0.2) is 6.16 Å². The predicted octanol–water partition coefficient (Wildman–Crippen LogP) is 4.64. The maximum atomic E-state index is 5.82. The third-order valence-corrected chi connectivity index (χ3v) is 3.61. The van der Waals surface area contributed by atoms with Gasteiger partial charge in [0.1, 0.15) is 12.4 Å². The summed E-state index contributed by atoms with van der Waals surface area (Å²) in [5, 5.41) is 0. The van der Waals surface area contributed by atoms with E-state index in [1.165, 1.54) is 23.1 Å². The Kier molecular flexibility index (Phi) is 6.08. The highest BCUT2D eigenvalue weighted by Gasteiger charge is 1.98. The van der Waals surface area contributed by atoms with Gasteiger partial charge in [-0.1, -0.05) is 49.7 Å². The first-order chi connectivity index (χ1) is 9.81. The molecule has 2 aromatic carbocycles. The van der Waals surface area contributed by atoms with Crippen molar-refractivity contribution in [3.05, 3.63) is 65.2 Å². The molecule has 0 saturated heterocycles. The molecule has 1 nitrogen and oxygen atoms in total. The molecule has 1 atom stereocenters. The fourth-order valence-corrected chi connectivity index (χ4v) is 2.51. The first-order valence-electron chi connectivity index (χ1n) is 7.31. The first kappa shape index (κ1) is 15.1. The van der Waals surface area contributed by atoms with Crippen LogP contribution < -0.4 is 4.74 Å². The van der Waals surface area contributed by atoms with Crippen LogP contribution in [0.1, 0.15) is 30.0 Å². The summed E-state index contributed by atoms with van der Waals surface area (Å²) in [6.07, 6.45) is 4.55. The van der Waals surface area contributed by atoms with E-state index in [0.29, 0.717) is 6.61 Å². The second-order valence-electron chi connectivity index (χ2n) is 5.04. The first-order valence-corrected chi connectivity index (χ1v) is 8.13. The van der Waals surface area contributed by atoms with Crippen molar-refractivity contribution >= 4 is 9.24 Å². The van der Waals surface area contributed by atoms with Crippen LogP contribution in [-0.2, 0) is 19.4 Å². The van der Waals surface area contributed by atoms with Gasteiger partial charge in [0.25, 0.3) is 0 Å². The SMILES string of the molecule is CCCc1ccc(COc2ccc(CCP)cc2)cc1. The average molecular weight is 286 g/mol. The molecule has 0 aliphatic rings. The number of hydrogen-bond donors (Lipinski definition) is 0. The Morgan fingerprint density at radius 1 is 0.800 bits per heavy atom. The number of ether oxygens (including phenoxy) is 1. The van der Waals surface area contributed by atoms with Crippen molar-refractivity contribution in [1.82, 2.24) is 0 Å². The van der Waals surface area contributed by atoms with Crippen LogP contribution in [0.25, 0.3) is 0 Å². The van der Waals surface area contributed by atoms with E-state index in [1.54, 1.807) is 0 Å². The molecule has 0 N–H and O–H groups in total. The van der Waals surface area contributed by atoms with Crippen LogP contribution in [0.2, 0.25) is 0 Å². The van der Waals surface area contributed by atoms with Crippen LogP contribution in [0, 0.1) is 0 Å². The Morgan fingerprint density at radius 3 is 1.95 bits per heavy atom. The van der Waals surface area contributed by atoms with E-state index in [2.05, 4.69) is 64.7 Å². The topological polar surface area (TPSA) is 9.23 Å². The van der Waals surface area contributed by atoms with Gasteiger partial charge in [-0.15, -0.1) is 9.24 Å². The van der Waals surface area contributed by atoms with Crippen molar-refractivity contribution in [2.45, 2.75) is 32.8 Å². The lowest BCUT2D eigenvalue weighted by atomic mass is 10.1. The summed E-state index contributed by atoms with van der Waals surface area (Å²) < 4.78 is 5.82. The molecule has 2 rings (SSSR count). The Hall–Kier alpha value is -1.33. The fourth-order valence-electron chi connectivity index (χ4n) is 2.18. The van der Waals surface area contributed by atoms with Crippen molar-refractivity contribution in [2.75, 3.05) is 6.16 Å². The van der Waals surface area contributed by atoms with E-state index < -0.39 is 0 Å². The van der Waals surface area contributed by atoms with E-state index in [9.17, 15) is 0 Å². The molecular formula is C18H23OP. The average Bonchev–Trinajstić information content (AvgIpc) is 2.49. The molecule has 0 aliphatic carbocycles. The number of benzene rings is 2. The summed E-state index contributed by atoms with van der Waals surface area (Å²) in [5.74, 6) is 0.940. The minimum absolute atomic E-state index is 0.634. The van der Waals surface area contributed by atoms with Gasteiger partial charge in [-0.25, -0.2) is 0 Å². The van der Waals surface area contributed by atoms with Crippen molar-refractivity contribution in [3.8, 4) is 5.75 Å². The monoisotopic (exact) mass is 286 g/mol. The number of hydrogen-bond acceptors (Lipinski definition) is 1. The van der Waals surface area contributed by atoms with Gasteiger partial charge in [0.2, 0.25) is 0 Å². The van der Waals surface area contributed by atoms with Crippen LogP contribution >= 0.6 is 9.24 Å². The van der Waals surface area contributed by atoms with Crippen molar-refractivity contribution in [1.29, 1.82) is 0 Å². The van der Waals surface area contributed by atoms with E-state index >= 15 is 0 Å². The lowest BCUT2D eigenvalue weighted by Gasteiger charge is -2.08. The Morgan fingerprint density at radius 2 is 1.35 bits per heavy atom. The quantitative estimate of drug-likeness (QED) is 0.674. The van der Waals surface area contributed by atoms with E-state index in [-0.39, 0.29) is 0 Å². The summed E-state index contributed by atoms with van der Waals surface area (Å²) in [6, 6.07) is 17.1. The fraction of sp³-hybridized carbons (Fsp3) is 0.333. The molecule has 106 valence electrons. The molecule has 0 aromatic heterocycles. The highest BCUT2D eigenvalue weighted by molar-refractivity contribution is 7.16. The van der Waals surface area contributed by atoms with Crippen LogP contribution in [0.4, 0.5) is 0 Å². The highest BCUT2D eigenvalue weighted by atomic mass is 31.0. The van der Waals surface area contributed by atoms with Gasteiger partial charge in [0, 0.05) is 0 Å². The molecule has 0 fully saturated rings. The maximum absolute atomic E-state index is 5.82. The predicted molar refractivity (Wildman–Crippen MR) is 89.5 cm³/mol. The van der Waals surface area contributed by atoms with Gasteiger partial charge in [0.05, 0.1) is 0 Å². The minimum Gasteiger partial charge on any atom is -0.489 e. The molecule has 2 aromatic rings. The molecule has 1 unspecified atom stereocenters. The van der Waals surface area contributed by atoms with E-state index in [4.69, 9.17) is 4.74 Å². The summed E-state index contributed by atoms with van der Waals surface area (Å²) in [5.41, 5.74) is 3.98. The maximum Gasteiger partial charge on any atom is 0.119 e. The third-order valence-electron chi connectivity index (χ3n) is 3.32. The third kappa shape index (κ3) is 4.65.